The van der Waals surface area contributed by atoms with Gasteiger partial charge < -0.3 is 5.32 Å². The van der Waals surface area contributed by atoms with E-state index in [0.29, 0.717) is 0 Å². The lowest BCUT2D eigenvalue weighted by molar-refractivity contribution is 0.639. The Morgan fingerprint density at radius 2 is 2.18 bits per heavy atom. The Balaban J connectivity index is 1.62. The average Bonchev–Trinajstić information content (AvgIpc) is 2.88. The molecule has 0 unspecified atom stereocenters. The number of aromatic nitrogens is 3. The normalized spacial score (nSPS) is 10.9. The smallest absolute Gasteiger partial charge is 0.0897 e. The van der Waals surface area contributed by atoms with Gasteiger partial charge in [-0.25, -0.2) is 4.98 Å². The summed E-state index contributed by atoms with van der Waals surface area (Å²) in [4.78, 5) is 4.44. The summed E-state index contributed by atoms with van der Waals surface area (Å²) in [7, 11) is 1.98. The lowest BCUT2D eigenvalue weighted by Gasteiger charge is -2.04. The highest BCUT2D eigenvalue weighted by Gasteiger charge is 1.99. The van der Waals surface area contributed by atoms with E-state index < -0.39 is 0 Å². The summed E-state index contributed by atoms with van der Waals surface area (Å²) in [5, 5.41) is 10.9. The molecule has 0 radical (unpaired) electrons. The van der Waals surface area contributed by atoms with Crippen LogP contribution in [0.5, 0.6) is 0 Å². The maximum Gasteiger partial charge on any atom is 0.0897 e. The van der Waals surface area contributed by atoms with E-state index in [4.69, 9.17) is 0 Å². The molecular formula is C12H18N4S. The zero-order valence-electron chi connectivity index (χ0n) is 10.3. The second kappa shape index (κ2) is 5.93. The molecule has 92 valence electrons. The molecular weight excluding hydrogens is 232 g/mol. The van der Waals surface area contributed by atoms with Gasteiger partial charge in [0.15, 0.2) is 0 Å². The first-order chi connectivity index (χ1) is 8.25. The molecule has 17 heavy (non-hydrogen) atoms. The number of hydrogen-bond donors (Lipinski definition) is 1. The summed E-state index contributed by atoms with van der Waals surface area (Å²) in [5.74, 6) is 0. The van der Waals surface area contributed by atoms with Crippen molar-refractivity contribution in [1.82, 2.24) is 20.1 Å². The van der Waals surface area contributed by atoms with Crippen molar-refractivity contribution in [2.75, 3.05) is 13.1 Å². The van der Waals surface area contributed by atoms with Gasteiger partial charge in [-0.2, -0.15) is 5.10 Å². The first-order valence-electron chi connectivity index (χ1n) is 5.84. The Morgan fingerprint density at radius 3 is 2.82 bits per heavy atom. The lowest BCUT2D eigenvalue weighted by atomic mass is 10.3. The van der Waals surface area contributed by atoms with Gasteiger partial charge in [-0.05, 0) is 13.0 Å². The Labute approximate surface area is 106 Å². The maximum atomic E-state index is 4.44. The second-order valence-corrected chi connectivity index (χ2v) is 5.12. The van der Waals surface area contributed by atoms with Gasteiger partial charge in [0.25, 0.3) is 0 Å². The zero-order chi connectivity index (χ0) is 12.1. The van der Waals surface area contributed by atoms with Crippen molar-refractivity contribution in [1.29, 1.82) is 0 Å². The number of aryl methyl sites for hydroxylation is 2. The SMILES string of the molecule is Cc1nc(CCNCCc2ccnn2C)cs1. The molecule has 2 aromatic heterocycles. The Hall–Kier alpha value is -1.20. The summed E-state index contributed by atoms with van der Waals surface area (Å²) in [6, 6.07) is 2.06. The average molecular weight is 250 g/mol. The highest BCUT2D eigenvalue weighted by molar-refractivity contribution is 7.09. The Kier molecular flexibility index (Phi) is 4.28. The van der Waals surface area contributed by atoms with Crippen LogP contribution in [0.3, 0.4) is 0 Å². The van der Waals surface area contributed by atoms with Crippen molar-refractivity contribution in [3.8, 4) is 0 Å². The first kappa shape index (κ1) is 12.3. The predicted octanol–water partition coefficient (Wildman–Crippen LogP) is 1.56. The molecule has 0 atom stereocenters. The maximum absolute atomic E-state index is 4.44. The van der Waals surface area contributed by atoms with Crippen LogP contribution in [-0.2, 0) is 19.9 Å². The summed E-state index contributed by atoms with van der Waals surface area (Å²) in [5.41, 5.74) is 2.46. The number of thiazole rings is 1. The van der Waals surface area contributed by atoms with Crippen LogP contribution >= 0.6 is 11.3 Å². The molecule has 2 aromatic rings. The van der Waals surface area contributed by atoms with E-state index in [1.807, 2.05) is 24.9 Å². The summed E-state index contributed by atoms with van der Waals surface area (Å²) >= 11 is 1.72. The van der Waals surface area contributed by atoms with Gasteiger partial charge in [-0.1, -0.05) is 0 Å². The largest absolute Gasteiger partial charge is 0.316 e. The molecule has 0 aliphatic rings. The van der Waals surface area contributed by atoms with Crippen molar-refractivity contribution in [2.45, 2.75) is 19.8 Å². The molecule has 0 amide bonds. The fourth-order valence-corrected chi connectivity index (χ4v) is 2.37. The van der Waals surface area contributed by atoms with E-state index in [0.717, 1.165) is 30.9 Å². The molecule has 5 heteroatoms. The van der Waals surface area contributed by atoms with Crippen LogP contribution in [0.15, 0.2) is 17.6 Å². The summed E-state index contributed by atoms with van der Waals surface area (Å²) < 4.78 is 1.92. The second-order valence-electron chi connectivity index (χ2n) is 4.05. The van der Waals surface area contributed by atoms with Gasteiger partial charge in [0, 0.05) is 50.2 Å². The fraction of sp³-hybridized carbons (Fsp3) is 0.500. The van der Waals surface area contributed by atoms with Crippen LogP contribution < -0.4 is 5.32 Å². The minimum Gasteiger partial charge on any atom is -0.316 e. The number of rotatable bonds is 6. The third kappa shape index (κ3) is 3.64. The van der Waals surface area contributed by atoms with Gasteiger partial charge in [-0.3, -0.25) is 4.68 Å². The molecule has 0 aliphatic heterocycles. The third-order valence-corrected chi connectivity index (χ3v) is 3.53. The van der Waals surface area contributed by atoms with Gasteiger partial charge in [0.1, 0.15) is 0 Å². The van der Waals surface area contributed by atoms with Crippen molar-refractivity contribution in [3.05, 3.63) is 34.0 Å². The molecule has 0 saturated heterocycles. The van der Waals surface area contributed by atoms with E-state index in [2.05, 4.69) is 26.8 Å². The van der Waals surface area contributed by atoms with Crippen molar-refractivity contribution in [3.63, 3.8) is 0 Å². The Morgan fingerprint density at radius 1 is 1.35 bits per heavy atom. The highest BCUT2D eigenvalue weighted by Crippen LogP contribution is 2.07. The van der Waals surface area contributed by atoms with E-state index in [9.17, 15) is 0 Å². The molecule has 2 rings (SSSR count). The molecule has 2 heterocycles. The third-order valence-electron chi connectivity index (χ3n) is 2.70. The topological polar surface area (TPSA) is 42.7 Å². The predicted molar refractivity (Wildman–Crippen MR) is 70.3 cm³/mol. The van der Waals surface area contributed by atoms with E-state index in [1.54, 1.807) is 11.3 Å². The van der Waals surface area contributed by atoms with Crippen LogP contribution in [-0.4, -0.2) is 27.9 Å². The highest BCUT2D eigenvalue weighted by atomic mass is 32.1. The molecule has 4 nitrogen and oxygen atoms in total. The van der Waals surface area contributed by atoms with Gasteiger partial charge in [0.05, 0.1) is 10.7 Å². The van der Waals surface area contributed by atoms with Gasteiger partial charge in [-0.15, -0.1) is 11.3 Å². The Bertz CT molecular complexity index is 461. The minimum absolute atomic E-state index is 0.987. The molecule has 0 aromatic carbocycles. The van der Waals surface area contributed by atoms with Crippen LogP contribution in [0.2, 0.25) is 0 Å². The van der Waals surface area contributed by atoms with E-state index in [-0.39, 0.29) is 0 Å². The quantitative estimate of drug-likeness (QED) is 0.791. The number of hydrogen-bond acceptors (Lipinski definition) is 4. The van der Waals surface area contributed by atoms with Crippen molar-refractivity contribution >= 4 is 11.3 Å². The van der Waals surface area contributed by atoms with Gasteiger partial charge >= 0.3 is 0 Å². The molecule has 0 aliphatic carbocycles. The standard InChI is InChI=1S/C12H18N4S/c1-10-15-11(9-17-10)3-6-13-7-4-12-5-8-14-16(12)2/h5,8-9,13H,3-4,6-7H2,1-2H3. The number of nitrogens with zero attached hydrogens (tertiary/aromatic N) is 3. The molecule has 1 N–H and O–H groups in total. The van der Waals surface area contributed by atoms with Crippen LogP contribution in [0.25, 0.3) is 0 Å². The zero-order valence-corrected chi connectivity index (χ0v) is 11.1. The van der Waals surface area contributed by atoms with Crippen molar-refractivity contribution < 1.29 is 0 Å². The molecule has 0 saturated carbocycles. The van der Waals surface area contributed by atoms with Crippen LogP contribution in [0, 0.1) is 6.92 Å². The summed E-state index contributed by atoms with van der Waals surface area (Å²) in [6.07, 6.45) is 3.87. The summed E-state index contributed by atoms with van der Waals surface area (Å²) in [6.45, 7) is 4.02. The molecule has 0 spiro atoms. The monoisotopic (exact) mass is 250 g/mol. The van der Waals surface area contributed by atoms with Crippen molar-refractivity contribution in [2.24, 2.45) is 7.05 Å². The van der Waals surface area contributed by atoms with Gasteiger partial charge in [0.2, 0.25) is 0 Å². The molecule has 0 bridgehead atoms. The van der Waals surface area contributed by atoms with Crippen LogP contribution in [0.1, 0.15) is 16.4 Å². The molecule has 0 fully saturated rings. The van der Waals surface area contributed by atoms with E-state index in [1.165, 1.54) is 11.4 Å². The fourth-order valence-electron chi connectivity index (χ4n) is 1.73. The van der Waals surface area contributed by atoms with Crippen LogP contribution in [0.4, 0.5) is 0 Å². The first-order valence-corrected chi connectivity index (χ1v) is 6.72. The van der Waals surface area contributed by atoms with E-state index >= 15 is 0 Å². The number of nitrogens with one attached hydrogen (secondary N) is 1. The lowest BCUT2D eigenvalue weighted by Crippen LogP contribution is -2.21. The minimum atomic E-state index is 0.987.